The van der Waals surface area contributed by atoms with E-state index in [1.165, 1.54) is 49.3 Å². The second-order valence-electron chi connectivity index (χ2n) is 29.4. The molecule has 0 aliphatic carbocycles. The Morgan fingerprint density at radius 2 is 0.509 bits per heavy atom. The number of aromatic nitrogens is 2. The van der Waals surface area contributed by atoms with Crippen molar-refractivity contribution in [1.82, 2.24) is 9.13 Å². The number of anilines is 6. The van der Waals surface area contributed by atoms with Crippen LogP contribution in [0.4, 0.5) is 34.1 Å². The van der Waals surface area contributed by atoms with E-state index in [1.54, 1.807) is 0 Å². The summed E-state index contributed by atoms with van der Waals surface area (Å²) in [7, 11) is 0. The number of hydrogen-bond acceptors (Lipinski definition) is 4. The quantitative estimate of drug-likeness (QED) is 0.103. The minimum Gasteiger partial charge on any atom is -0.456 e. The number of para-hydroxylation sites is 6. The van der Waals surface area contributed by atoms with Gasteiger partial charge in [-0.3, -0.25) is 0 Å². The van der Waals surface area contributed by atoms with Crippen molar-refractivity contribution in [3.63, 3.8) is 0 Å². The Kier molecular flexibility index (Phi) is 15.8. The highest BCUT2D eigenvalue weighted by Crippen LogP contribution is 2.48. The summed E-state index contributed by atoms with van der Waals surface area (Å²) in [5.74, 6) is 0. The van der Waals surface area contributed by atoms with Gasteiger partial charge in [0.25, 0.3) is 0 Å². The van der Waals surface area contributed by atoms with Gasteiger partial charge in [-0.15, -0.1) is 0 Å². The Labute approximate surface area is 659 Å². The minimum absolute atomic E-state index is 0.880. The molecule has 0 aliphatic heterocycles. The molecule has 22 aromatic rings. The predicted octanol–water partition coefficient (Wildman–Crippen LogP) is 30.3. The van der Waals surface area contributed by atoms with E-state index in [4.69, 9.17) is 8.83 Å². The van der Waals surface area contributed by atoms with Crippen molar-refractivity contribution >= 4 is 122 Å². The van der Waals surface area contributed by atoms with E-state index < -0.39 is 0 Å². The smallest absolute Gasteiger partial charge is 0.136 e. The van der Waals surface area contributed by atoms with E-state index in [-0.39, 0.29) is 0 Å². The Balaban J connectivity index is 0.599. The first-order valence-electron chi connectivity index (χ1n) is 38.9. The molecule has 0 aliphatic rings. The first-order chi connectivity index (χ1) is 56.5. The van der Waals surface area contributed by atoms with Crippen LogP contribution in [0.1, 0.15) is 0 Å². The van der Waals surface area contributed by atoms with Gasteiger partial charge in [-0.05, 0) is 224 Å². The molecule has 4 aromatic heterocycles. The van der Waals surface area contributed by atoms with Crippen LogP contribution in [0, 0.1) is 0 Å². The molecule has 114 heavy (non-hydrogen) atoms. The van der Waals surface area contributed by atoms with Gasteiger partial charge in [-0.1, -0.05) is 273 Å². The third-order valence-electron chi connectivity index (χ3n) is 22.9. The molecule has 0 saturated carbocycles. The number of rotatable bonds is 15. The normalized spacial score (nSPS) is 11.7. The second-order valence-corrected chi connectivity index (χ2v) is 29.4. The summed E-state index contributed by atoms with van der Waals surface area (Å²) >= 11 is 0. The molecule has 22 rings (SSSR count). The topological polar surface area (TPSA) is 42.6 Å². The fourth-order valence-electron chi connectivity index (χ4n) is 17.7. The van der Waals surface area contributed by atoms with Gasteiger partial charge in [-0.2, -0.15) is 0 Å². The number of fused-ring (bicyclic) bond motifs is 12. The second kappa shape index (κ2) is 27.4. The van der Waals surface area contributed by atoms with Gasteiger partial charge in [0, 0.05) is 88.5 Å². The maximum Gasteiger partial charge on any atom is 0.136 e. The van der Waals surface area contributed by atoms with Crippen molar-refractivity contribution in [3.05, 3.63) is 425 Å². The Morgan fingerprint density at radius 1 is 0.175 bits per heavy atom. The van der Waals surface area contributed by atoms with E-state index >= 15 is 0 Å². The van der Waals surface area contributed by atoms with E-state index in [0.29, 0.717) is 0 Å². The molecule has 0 saturated heterocycles. The fraction of sp³-hybridized carbons (Fsp3) is 0. The lowest BCUT2D eigenvalue weighted by Crippen LogP contribution is -2.11. The molecule has 0 unspecified atom stereocenters. The van der Waals surface area contributed by atoms with Crippen molar-refractivity contribution in [3.8, 4) is 89.3 Å². The molecular weight excluding hydrogens is 1390 g/mol. The summed E-state index contributed by atoms with van der Waals surface area (Å²) in [6.45, 7) is 0. The number of nitrogens with zero attached hydrogens (tertiary/aromatic N) is 4. The van der Waals surface area contributed by atoms with Crippen molar-refractivity contribution in [1.29, 1.82) is 0 Å². The SMILES string of the molecule is c1ccc(-c2cccc(-c3cccc(N(c4ccc(-c5cccc6oc7ccccc7c56)cc4)c4ccc(-n5c6ccccc6c6c(-c7ccc(-c8cccc(-c9ccccc9N(c9ccc(-c%10cccc%11oc%12ccccc%12c%10%11)cc9)c9ccc(-n%10c%11ccccc%11c%11ccccc%11%10)cc9)c8)cc7)cccc65)cc4)c3)c2)cc1. The van der Waals surface area contributed by atoms with Crippen LogP contribution in [0.5, 0.6) is 0 Å². The van der Waals surface area contributed by atoms with Crippen molar-refractivity contribution in [2.45, 2.75) is 0 Å². The summed E-state index contributed by atoms with van der Waals surface area (Å²) in [6, 6.07) is 154. The molecule has 6 heteroatoms. The zero-order valence-electron chi connectivity index (χ0n) is 62.0. The highest BCUT2D eigenvalue weighted by molar-refractivity contribution is 6.17. The van der Waals surface area contributed by atoms with Crippen LogP contribution >= 0.6 is 0 Å². The van der Waals surface area contributed by atoms with Crippen LogP contribution in [0.2, 0.25) is 0 Å². The zero-order chi connectivity index (χ0) is 75.2. The van der Waals surface area contributed by atoms with Crippen LogP contribution < -0.4 is 9.80 Å². The van der Waals surface area contributed by atoms with E-state index in [1.807, 2.05) is 24.3 Å². The van der Waals surface area contributed by atoms with Crippen LogP contribution in [0.15, 0.2) is 433 Å². The van der Waals surface area contributed by atoms with Crippen molar-refractivity contribution in [2.24, 2.45) is 0 Å². The molecular formula is C108H70N4O2. The molecule has 18 aromatic carbocycles. The average molecular weight is 1460 g/mol. The van der Waals surface area contributed by atoms with Gasteiger partial charge < -0.3 is 27.8 Å². The Morgan fingerprint density at radius 3 is 1.07 bits per heavy atom. The lowest BCUT2D eigenvalue weighted by Gasteiger charge is -2.28. The predicted molar refractivity (Wildman–Crippen MR) is 477 cm³/mol. The third-order valence-corrected chi connectivity index (χ3v) is 22.9. The Bertz CT molecular complexity index is 7400. The van der Waals surface area contributed by atoms with Gasteiger partial charge in [0.1, 0.15) is 22.3 Å². The summed E-state index contributed by atoms with van der Waals surface area (Å²) in [4.78, 5) is 4.79. The van der Waals surface area contributed by atoms with E-state index in [2.05, 4.69) is 419 Å². The first-order valence-corrected chi connectivity index (χ1v) is 38.9. The molecule has 0 radical (unpaired) electrons. The molecule has 0 fully saturated rings. The largest absolute Gasteiger partial charge is 0.456 e. The summed E-state index contributed by atoms with van der Waals surface area (Å²) in [6.07, 6.45) is 0. The number of benzene rings is 18. The van der Waals surface area contributed by atoms with Gasteiger partial charge in [-0.25, -0.2) is 0 Å². The molecule has 0 amide bonds. The molecule has 534 valence electrons. The highest BCUT2D eigenvalue weighted by Gasteiger charge is 2.24. The van der Waals surface area contributed by atoms with Crippen molar-refractivity contribution in [2.75, 3.05) is 9.80 Å². The monoisotopic (exact) mass is 1450 g/mol. The van der Waals surface area contributed by atoms with Gasteiger partial charge in [0.2, 0.25) is 0 Å². The fourth-order valence-corrected chi connectivity index (χ4v) is 17.7. The molecule has 0 bridgehead atoms. The van der Waals surface area contributed by atoms with Crippen LogP contribution in [0.3, 0.4) is 0 Å². The summed E-state index contributed by atoms with van der Waals surface area (Å²) in [5, 5.41) is 9.35. The molecule has 0 N–H and O–H groups in total. The van der Waals surface area contributed by atoms with Crippen molar-refractivity contribution < 1.29 is 8.83 Å². The molecule has 4 heterocycles. The van der Waals surface area contributed by atoms with E-state index in [9.17, 15) is 0 Å². The Hall–Kier alpha value is -15.2. The number of furan rings is 2. The van der Waals surface area contributed by atoms with Crippen LogP contribution in [-0.2, 0) is 0 Å². The first kappa shape index (κ1) is 65.8. The van der Waals surface area contributed by atoms with Gasteiger partial charge in [0.05, 0.1) is 27.8 Å². The van der Waals surface area contributed by atoms with Crippen LogP contribution in [0.25, 0.3) is 177 Å². The third kappa shape index (κ3) is 11.3. The lowest BCUT2D eigenvalue weighted by atomic mass is 9.94. The molecule has 0 atom stereocenters. The molecule has 6 nitrogen and oxygen atoms in total. The van der Waals surface area contributed by atoms with Gasteiger partial charge >= 0.3 is 0 Å². The highest BCUT2D eigenvalue weighted by atomic mass is 16.3. The number of hydrogen-bond donors (Lipinski definition) is 0. The lowest BCUT2D eigenvalue weighted by molar-refractivity contribution is 0.668. The van der Waals surface area contributed by atoms with Gasteiger partial charge in [0.15, 0.2) is 0 Å². The maximum absolute atomic E-state index is 6.38. The standard InChI is InChI=1S/C108H70N4O2/c1-2-22-71(23-3-1)76-24-16-26-78(68-76)79-27-18-29-87(70-79)109(81-56-52-74(53-57-81)90-37-20-46-104-107(90)95-34-8-14-44-102(95)113-104)82-60-64-86(65-61-82)112-100-42-13-7-33-94(100)106-89(36-19-43-101(106)112)73-50-48-72(49-51-73)77-25-17-28-80(69-77)88-30-4-10-39-97(88)110(83-58-54-75(55-59-83)91-38-21-47-105-108(91)96-35-9-15-45-103(96)114-105)84-62-66-85(67-63-84)111-98-40-11-5-31-92(98)93-32-6-12-41-99(93)111/h1-70H. The minimum atomic E-state index is 0.880. The summed E-state index contributed by atoms with van der Waals surface area (Å²) < 4.78 is 17.6. The van der Waals surface area contributed by atoms with E-state index in [0.717, 1.165) is 162 Å². The maximum atomic E-state index is 6.38. The molecule has 0 spiro atoms. The van der Waals surface area contributed by atoms with Crippen LogP contribution in [-0.4, -0.2) is 9.13 Å². The zero-order valence-corrected chi connectivity index (χ0v) is 62.0. The summed E-state index contributed by atoms with van der Waals surface area (Å²) in [5.41, 5.74) is 32.6. The average Bonchev–Trinajstić information content (AvgIpc) is 1.55.